The molecule has 18 heavy (non-hydrogen) atoms. The van der Waals surface area contributed by atoms with Crippen LogP contribution in [0.15, 0.2) is 18.5 Å². The third-order valence-corrected chi connectivity index (χ3v) is 2.38. The van der Waals surface area contributed by atoms with Gasteiger partial charge >= 0.3 is 0 Å². The molecule has 1 unspecified atom stereocenters. The van der Waals surface area contributed by atoms with E-state index in [9.17, 15) is 4.79 Å². The molecule has 2 N–H and O–H groups in total. The fourth-order valence-electron chi connectivity index (χ4n) is 1.56. The van der Waals surface area contributed by atoms with Gasteiger partial charge in [0.2, 0.25) is 0 Å². The van der Waals surface area contributed by atoms with Crippen LogP contribution in [-0.2, 0) is 4.74 Å². The number of nitrogens with one attached hydrogen (secondary N) is 2. The number of amides is 1. The smallest absolute Gasteiger partial charge is 0.255 e. The van der Waals surface area contributed by atoms with Crippen molar-refractivity contribution < 1.29 is 9.53 Å². The van der Waals surface area contributed by atoms with Crippen molar-refractivity contribution in [3.63, 3.8) is 0 Å². The monoisotopic (exact) mass is 251 g/mol. The first kappa shape index (κ1) is 14.4. The Morgan fingerprint density at radius 1 is 1.50 bits per heavy atom. The Labute approximate surface area is 108 Å². The van der Waals surface area contributed by atoms with E-state index < -0.39 is 0 Å². The predicted octanol–water partition coefficient (Wildman–Crippen LogP) is 1.67. The third kappa shape index (κ3) is 4.33. The zero-order valence-electron chi connectivity index (χ0n) is 11.2. The SMILES string of the molecule is CCNc1ccncc1C(=O)NC(C)COCC. The molecule has 1 heterocycles. The molecule has 0 aromatic carbocycles. The van der Waals surface area contributed by atoms with E-state index in [4.69, 9.17) is 4.74 Å². The second-order valence-electron chi connectivity index (χ2n) is 3.99. The number of nitrogens with zero attached hydrogens (tertiary/aromatic N) is 1. The van der Waals surface area contributed by atoms with E-state index in [1.807, 2.05) is 20.8 Å². The fraction of sp³-hybridized carbons (Fsp3) is 0.538. The molecule has 0 spiro atoms. The largest absolute Gasteiger partial charge is 0.385 e. The Kier molecular flexibility index (Phi) is 6.14. The topological polar surface area (TPSA) is 63.2 Å². The first-order chi connectivity index (χ1) is 8.69. The molecule has 1 atom stereocenters. The zero-order valence-corrected chi connectivity index (χ0v) is 11.2. The molecular formula is C13H21N3O2. The van der Waals surface area contributed by atoms with Crippen LogP contribution < -0.4 is 10.6 Å². The fourth-order valence-corrected chi connectivity index (χ4v) is 1.56. The summed E-state index contributed by atoms with van der Waals surface area (Å²) >= 11 is 0. The lowest BCUT2D eigenvalue weighted by molar-refractivity contribution is 0.0872. The molecule has 5 heteroatoms. The van der Waals surface area contributed by atoms with E-state index in [0.717, 1.165) is 12.2 Å². The molecule has 0 radical (unpaired) electrons. The molecule has 0 aliphatic rings. The molecule has 1 rings (SSSR count). The number of carbonyl (C=O) groups is 1. The van der Waals surface area contributed by atoms with Crippen LogP contribution in [0.3, 0.4) is 0 Å². The average Bonchev–Trinajstić information content (AvgIpc) is 2.37. The normalized spacial score (nSPS) is 11.9. The summed E-state index contributed by atoms with van der Waals surface area (Å²) in [5, 5.41) is 6.03. The van der Waals surface area contributed by atoms with Gasteiger partial charge in [0.15, 0.2) is 0 Å². The Bertz CT molecular complexity index is 382. The highest BCUT2D eigenvalue weighted by Crippen LogP contribution is 2.13. The molecule has 0 fully saturated rings. The van der Waals surface area contributed by atoms with Crippen LogP contribution in [-0.4, -0.2) is 36.7 Å². The molecule has 0 aliphatic heterocycles. The maximum absolute atomic E-state index is 12.1. The molecular weight excluding hydrogens is 230 g/mol. The summed E-state index contributed by atoms with van der Waals surface area (Å²) in [5.74, 6) is -0.133. The van der Waals surface area contributed by atoms with Crippen molar-refractivity contribution in [2.75, 3.05) is 25.1 Å². The number of hydrogen-bond acceptors (Lipinski definition) is 4. The molecule has 1 aromatic heterocycles. The quantitative estimate of drug-likeness (QED) is 0.773. The molecule has 0 bridgehead atoms. The first-order valence-electron chi connectivity index (χ1n) is 6.25. The van der Waals surface area contributed by atoms with Crippen LogP contribution >= 0.6 is 0 Å². The van der Waals surface area contributed by atoms with Gasteiger partial charge in [-0.2, -0.15) is 0 Å². The maximum Gasteiger partial charge on any atom is 0.255 e. The van der Waals surface area contributed by atoms with Gasteiger partial charge in [0.05, 0.1) is 17.9 Å². The summed E-state index contributed by atoms with van der Waals surface area (Å²) in [6.45, 7) is 7.75. The van der Waals surface area contributed by atoms with Crippen molar-refractivity contribution in [2.24, 2.45) is 0 Å². The molecule has 100 valence electrons. The van der Waals surface area contributed by atoms with Gasteiger partial charge in [-0.25, -0.2) is 0 Å². The summed E-state index contributed by atoms with van der Waals surface area (Å²) in [4.78, 5) is 16.1. The summed E-state index contributed by atoms with van der Waals surface area (Å²) in [6.07, 6.45) is 3.24. The summed E-state index contributed by atoms with van der Waals surface area (Å²) in [5.41, 5.74) is 1.36. The molecule has 1 aromatic rings. The van der Waals surface area contributed by atoms with E-state index in [0.29, 0.717) is 18.8 Å². The number of pyridine rings is 1. The van der Waals surface area contributed by atoms with Gasteiger partial charge in [-0.05, 0) is 26.8 Å². The standard InChI is InChI=1S/C13H21N3O2/c1-4-15-12-6-7-14-8-11(12)13(17)16-10(3)9-18-5-2/h6-8,10H,4-5,9H2,1-3H3,(H,14,15)(H,16,17). The highest BCUT2D eigenvalue weighted by atomic mass is 16.5. The molecule has 0 aliphatic carbocycles. The van der Waals surface area contributed by atoms with Crippen LogP contribution in [0.2, 0.25) is 0 Å². The maximum atomic E-state index is 12.1. The lowest BCUT2D eigenvalue weighted by atomic mass is 10.2. The van der Waals surface area contributed by atoms with Gasteiger partial charge in [0, 0.05) is 31.6 Å². The number of aromatic nitrogens is 1. The van der Waals surface area contributed by atoms with Crippen molar-refractivity contribution in [2.45, 2.75) is 26.8 Å². The van der Waals surface area contributed by atoms with Crippen molar-refractivity contribution in [3.05, 3.63) is 24.0 Å². The van der Waals surface area contributed by atoms with Crippen LogP contribution in [0.1, 0.15) is 31.1 Å². The Morgan fingerprint density at radius 2 is 2.28 bits per heavy atom. The van der Waals surface area contributed by atoms with Crippen LogP contribution in [0.4, 0.5) is 5.69 Å². The van der Waals surface area contributed by atoms with Gasteiger partial charge in [0.1, 0.15) is 0 Å². The van der Waals surface area contributed by atoms with Crippen molar-refractivity contribution in [3.8, 4) is 0 Å². The van der Waals surface area contributed by atoms with E-state index in [1.54, 1.807) is 18.5 Å². The van der Waals surface area contributed by atoms with Gasteiger partial charge < -0.3 is 15.4 Å². The van der Waals surface area contributed by atoms with E-state index in [2.05, 4.69) is 15.6 Å². The number of anilines is 1. The Morgan fingerprint density at radius 3 is 2.94 bits per heavy atom. The number of hydrogen-bond donors (Lipinski definition) is 2. The lowest BCUT2D eigenvalue weighted by Gasteiger charge is -2.15. The zero-order chi connectivity index (χ0) is 13.4. The molecule has 5 nitrogen and oxygen atoms in total. The molecule has 0 saturated heterocycles. The Hall–Kier alpha value is -1.62. The second kappa shape index (κ2) is 7.66. The van der Waals surface area contributed by atoms with Gasteiger partial charge in [0.25, 0.3) is 5.91 Å². The van der Waals surface area contributed by atoms with Gasteiger partial charge in [-0.1, -0.05) is 0 Å². The van der Waals surface area contributed by atoms with Crippen molar-refractivity contribution >= 4 is 11.6 Å². The minimum atomic E-state index is -0.133. The number of carbonyl (C=O) groups excluding carboxylic acids is 1. The number of ether oxygens (including phenoxy) is 1. The number of rotatable bonds is 7. The molecule has 1 amide bonds. The third-order valence-electron chi connectivity index (χ3n) is 2.38. The van der Waals surface area contributed by atoms with E-state index >= 15 is 0 Å². The Balaban J connectivity index is 2.65. The lowest BCUT2D eigenvalue weighted by Crippen LogP contribution is -2.36. The van der Waals surface area contributed by atoms with Crippen molar-refractivity contribution in [1.82, 2.24) is 10.3 Å². The minimum absolute atomic E-state index is 0.0212. The van der Waals surface area contributed by atoms with Crippen molar-refractivity contribution in [1.29, 1.82) is 0 Å². The summed E-state index contributed by atoms with van der Waals surface area (Å²) < 4.78 is 5.26. The second-order valence-corrected chi connectivity index (χ2v) is 3.99. The van der Waals surface area contributed by atoms with E-state index in [1.165, 1.54) is 0 Å². The summed E-state index contributed by atoms with van der Waals surface area (Å²) in [7, 11) is 0. The highest BCUT2D eigenvalue weighted by molar-refractivity contribution is 5.99. The van der Waals surface area contributed by atoms with Crippen LogP contribution in [0, 0.1) is 0 Å². The van der Waals surface area contributed by atoms with Crippen LogP contribution in [0.25, 0.3) is 0 Å². The van der Waals surface area contributed by atoms with Gasteiger partial charge in [-0.15, -0.1) is 0 Å². The predicted molar refractivity (Wildman–Crippen MR) is 71.8 cm³/mol. The first-order valence-corrected chi connectivity index (χ1v) is 6.25. The minimum Gasteiger partial charge on any atom is -0.385 e. The average molecular weight is 251 g/mol. The highest BCUT2D eigenvalue weighted by Gasteiger charge is 2.13. The summed E-state index contributed by atoms with van der Waals surface area (Å²) in [6, 6.07) is 1.78. The van der Waals surface area contributed by atoms with Crippen LogP contribution in [0.5, 0.6) is 0 Å². The molecule has 0 saturated carbocycles. The van der Waals surface area contributed by atoms with E-state index in [-0.39, 0.29) is 11.9 Å². The van der Waals surface area contributed by atoms with Gasteiger partial charge in [-0.3, -0.25) is 9.78 Å².